The third-order valence-corrected chi connectivity index (χ3v) is 3.03. The van der Waals surface area contributed by atoms with Crippen LogP contribution in [0, 0.1) is 6.92 Å². The Kier molecular flexibility index (Phi) is 4.45. The summed E-state index contributed by atoms with van der Waals surface area (Å²) in [7, 11) is 0. The van der Waals surface area contributed by atoms with Crippen LogP contribution in [-0.4, -0.2) is 22.1 Å². The van der Waals surface area contributed by atoms with Crippen LogP contribution in [0.4, 0.5) is 5.13 Å². The summed E-state index contributed by atoms with van der Waals surface area (Å²) in [6.45, 7) is 4.91. The van der Waals surface area contributed by atoms with Gasteiger partial charge in [-0.3, -0.25) is 0 Å². The third kappa shape index (κ3) is 3.91. The van der Waals surface area contributed by atoms with Crippen molar-refractivity contribution in [2.45, 2.75) is 32.1 Å². The van der Waals surface area contributed by atoms with Crippen molar-refractivity contribution in [2.75, 3.05) is 11.9 Å². The Labute approximate surface area is 87.5 Å². The molecule has 1 heterocycles. The van der Waals surface area contributed by atoms with Crippen LogP contribution in [0.5, 0.6) is 0 Å². The first-order valence-electron chi connectivity index (χ1n) is 4.40. The van der Waals surface area contributed by atoms with E-state index in [4.69, 9.17) is 11.6 Å². The average molecular weight is 220 g/mol. The maximum atomic E-state index is 5.96. The van der Waals surface area contributed by atoms with Crippen LogP contribution in [0.15, 0.2) is 0 Å². The Morgan fingerprint density at radius 2 is 2.31 bits per heavy atom. The molecule has 0 amide bonds. The van der Waals surface area contributed by atoms with E-state index in [2.05, 4.69) is 22.4 Å². The van der Waals surface area contributed by atoms with Crippen molar-refractivity contribution in [3.8, 4) is 0 Å². The molecule has 1 unspecified atom stereocenters. The van der Waals surface area contributed by atoms with Crippen LogP contribution in [0.25, 0.3) is 0 Å². The molecule has 1 N–H and O–H groups in total. The Morgan fingerprint density at radius 3 is 2.85 bits per heavy atom. The van der Waals surface area contributed by atoms with Gasteiger partial charge in [0.2, 0.25) is 5.13 Å². The van der Waals surface area contributed by atoms with Crippen LogP contribution in [0.1, 0.15) is 24.8 Å². The fourth-order valence-corrected chi connectivity index (χ4v) is 1.63. The molecule has 1 aromatic rings. The SMILES string of the molecule is CCC(Cl)CCNc1nnc(C)s1. The Bertz CT molecular complexity index is 251. The minimum Gasteiger partial charge on any atom is -0.360 e. The largest absolute Gasteiger partial charge is 0.360 e. The van der Waals surface area contributed by atoms with E-state index in [1.54, 1.807) is 11.3 Å². The summed E-state index contributed by atoms with van der Waals surface area (Å²) < 4.78 is 0. The summed E-state index contributed by atoms with van der Waals surface area (Å²) in [4.78, 5) is 0. The standard InChI is InChI=1S/C8H14ClN3S/c1-3-7(9)4-5-10-8-12-11-6(2)13-8/h7H,3-5H2,1-2H3,(H,10,12). The van der Waals surface area contributed by atoms with Gasteiger partial charge in [-0.1, -0.05) is 18.3 Å². The van der Waals surface area contributed by atoms with E-state index in [9.17, 15) is 0 Å². The summed E-state index contributed by atoms with van der Waals surface area (Å²) in [5, 5.41) is 13.2. The summed E-state index contributed by atoms with van der Waals surface area (Å²) in [6, 6.07) is 0. The van der Waals surface area contributed by atoms with Gasteiger partial charge in [0.25, 0.3) is 0 Å². The topological polar surface area (TPSA) is 37.8 Å². The van der Waals surface area contributed by atoms with E-state index >= 15 is 0 Å². The number of halogens is 1. The first-order valence-corrected chi connectivity index (χ1v) is 5.65. The summed E-state index contributed by atoms with van der Waals surface area (Å²) in [6.07, 6.45) is 1.98. The molecule has 1 aromatic heterocycles. The monoisotopic (exact) mass is 219 g/mol. The molecule has 3 nitrogen and oxygen atoms in total. The summed E-state index contributed by atoms with van der Waals surface area (Å²) in [5.41, 5.74) is 0. The molecule has 1 atom stereocenters. The second kappa shape index (κ2) is 5.40. The molecular weight excluding hydrogens is 206 g/mol. The summed E-state index contributed by atoms with van der Waals surface area (Å²) >= 11 is 7.53. The van der Waals surface area contributed by atoms with Crippen molar-refractivity contribution in [1.82, 2.24) is 10.2 Å². The molecule has 0 aliphatic rings. The zero-order valence-corrected chi connectivity index (χ0v) is 9.45. The predicted octanol–water partition coefficient (Wildman–Crippen LogP) is 2.67. The van der Waals surface area contributed by atoms with Crippen molar-refractivity contribution in [2.24, 2.45) is 0 Å². The van der Waals surface area contributed by atoms with Crippen LogP contribution in [-0.2, 0) is 0 Å². The van der Waals surface area contributed by atoms with E-state index in [-0.39, 0.29) is 5.38 Å². The second-order valence-corrected chi connectivity index (χ2v) is 4.65. The number of aromatic nitrogens is 2. The van der Waals surface area contributed by atoms with Gasteiger partial charge in [0, 0.05) is 11.9 Å². The van der Waals surface area contributed by atoms with Gasteiger partial charge >= 0.3 is 0 Å². The third-order valence-electron chi connectivity index (χ3n) is 1.70. The number of hydrogen-bond acceptors (Lipinski definition) is 4. The lowest BCUT2D eigenvalue weighted by Gasteiger charge is -2.05. The molecule has 0 radical (unpaired) electrons. The van der Waals surface area contributed by atoms with Gasteiger partial charge in [0.15, 0.2) is 0 Å². The first kappa shape index (κ1) is 10.7. The Morgan fingerprint density at radius 1 is 1.54 bits per heavy atom. The zero-order chi connectivity index (χ0) is 9.68. The van der Waals surface area contributed by atoms with Crippen LogP contribution in [0.3, 0.4) is 0 Å². The second-order valence-electron chi connectivity index (χ2n) is 2.85. The summed E-state index contributed by atoms with van der Waals surface area (Å²) in [5.74, 6) is 0. The van der Waals surface area contributed by atoms with E-state index in [1.165, 1.54) is 0 Å². The normalized spacial score (nSPS) is 12.8. The van der Waals surface area contributed by atoms with E-state index in [1.807, 2.05) is 6.92 Å². The van der Waals surface area contributed by atoms with Crippen LogP contribution >= 0.6 is 22.9 Å². The molecule has 0 spiro atoms. The molecule has 74 valence electrons. The number of hydrogen-bond donors (Lipinski definition) is 1. The lowest BCUT2D eigenvalue weighted by atomic mass is 10.2. The van der Waals surface area contributed by atoms with Crippen molar-refractivity contribution >= 4 is 28.1 Å². The smallest absolute Gasteiger partial charge is 0.205 e. The van der Waals surface area contributed by atoms with Gasteiger partial charge in [-0.05, 0) is 19.8 Å². The molecule has 13 heavy (non-hydrogen) atoms. The lowest BCUT2D eigenvalue weighted by molar-refractivity contribution is 0.752. The number of aryl methyl sites for hydroxylation is 1. The van der Waals surface area contributed by atoms with Gasteiger partial charge < -0.3 is 5.32 Å². The maximum Gasteiger partial charge on any atom is 0.205 e. The van der Waals surface area contributed by atoms with Gasteiger partial charge in [-0.15, -0.1) is 21.8 Å². The molecule has 0 aliphatic heterocycles. The quantitative estimate of drug-likeness (QED) is 0.774. The van der Waals surface area contributed by atoms with E-state index in [0.29, 0.717) is 0 Å². The molecule has 0 saturated heterocycles. The average Bonchev–Trinajstić information content (AvgIpc) is 2.51. The molecule has 0 aromatic carbocycles. The molecular formula is C8H14ClN3S. The minimum atomic E-state index is 0.265. The lowest BCUT2D eigenvalue weighted by Crippen LogP contribution is -2.07. The maximum absolute atomic E-state index is 5.96. The van der Waals surface area contributed by atoms with Crippen molar-refractivity contribution in [3.63, 3.8) is 0 Å². The van der Waals surface area contributed by atoms with Crippen molar-refractivity contribution in [3.05, 3.63) is 5.01 Å². The molecule has 1 rings (SSSR count). The van der Waals surface area contributed by atoms with E-state index in [0.717, 1.165) is 29.5 Å². The zero-order valence-electron chi connectivity index (χ0n) is 7.88. The van der Waals surface area contributed by atoms with Crippen molar-refractivity contribution in [1.29, 1.82) is 0 Å². The Hall–Kier alpha value is -0.350. The molecule has 0 saturated carbocycles. The van der Waals surface area contributed by atoms with Gasteiger partial charge in [0.1, 0.15) is 5.01 Å². The number of nitrogens with zero attached hydrogens (tertiary/aromatic N) is 2. The van der Waals surface area contributed by atoms with Crippen LogP contribution < -0.4 is 5.32 Å². The van der Waals surface area contributed by atoms with Gasteiger partial charge in [-0.25, -0.2) is 0 Å². The highest BCUT2D eigenvalue weighted by molar-refractivity contribution is 7.15. The number of nitrogens with one attached hydrogen (secondary N) is 1. The number of rotatable bonds is 5. The predicted molar refractivity (Wildman–Crippen MR) is 57.7 cm³/mol. The molecule has 0 bridgehead atoms. The molecule has 0 fully saturated rings. The minimum absolute atomic E-state index is 0.265. The van der Waals surface area contributed by atoms with E-state index < -0.39 is 0 Å². The first-order chi connectivity index (χ1) is 6.22. The van der Waals surface area contributed by atoms with Crippen molar-refractivity contribution < 1.29 is 0 Å². The molecule has 5 heteroatoms. The highest BCUT2D eigenvalue weighted by Crippen LogP contribution is 2.14. The van der Waals surface area contributed by atoms with Crippen LogP contribution in [0.2, 0.25) is 0 Å². The van der Waals surface area contributed by atoms with Gasteiger partial charge in [-0.2, -0.15) is 0 Å². The highest BCUT2D eigenvalue weighted by Gasteiger charge is 2.02. The number of alkyl halides is 1. The highest BCUT2D eigenvalue weighted by atomic mass is 35.5. The molecule has 0 aliphatic carbocycles. The van der Waals surface area contributed by atoms with Gasteiger partial charge in [0.05, 0.1) is 0 Å². The fourth-order valence-electron chi connectivity index (χ4n) is 0.908. The number of anilines is 1. The Balaban J connectivity index is 2.20. The fraction of sp³-hybridized carbons (Fsp3) is 0.750.